The van der Waals surface area contributed by atoms with Crippen molar-refractivity contribution in [3.8, 4) is 0 Å². The van der Waals surface area contributed by atoms with E-state index in [1.807, 2.05) is 7.11 Å². The molecule has 1 heterocycles. The molecular weight excluding hydrogens is 262 g/mol. The first kappa shape index (κ1) is 14.6. The Bertz CT molecular complexity index is 600. The molecule has 1 aromatic carbocycles. The summed E-state index contributed by atoms with van der Waals surface area (Å²) in [5.41, 5.74) is 2.19. The third-order valence-electron chi connectivity index (χ3n) is 4.37. The van der Waals surface area contributed by atoms with Crippen LogP contribution >= 0.6 is 0 Å². The molecule has 1 aliphatic carbocycles. The number of rotatable bonds is 7. The molecule has 1 N–H and O–H groups in total. The molecule has 1 fully saturated rings. The van der Waals surface area contributed by atoms with Crippen LogP contribution in [0.15, 0.2) is 28.7 Å². The number of ether oxygens (including phenoxy) is 1. The molecule has 0 spiro atoms. The number of nitrogens with one attached hydrogen (secondary N) is 1. The van der Waals surface area contributed by atoms with Gasteiger partial charge in [0.2, 0.25) is 0 Å². The maximum absolute atomic E-state index is 6.18. The minimum Gasteiger partial charge on any atom is -0.459 e. The Balaban J connectivity index is 1.94. The molecule has 0 radical (unpaired) electrons. The number of hydrogen-bond donors (Lipinski definition) is 1. The van der Waals surface area contributed by atoms with Crippen molar-refractivity contribution in [2.24, 2.45) is 5.92 Å². The number of furan rings is 1. The second-order valence-corrected chi connectivity index (χ2v) is 6.11. The zero-order chi connectivity index (χ0) is 14.8. The number of aryl methyl sites for hydroxylation is 1. The molecule has 0 amide bonds. The van der Waals surface area contributed by atoms with Crippen LogP contribution in [0.4, 0.5) is 0 Å². The van der Waals surface area contributed by atoms with Crippen molar-refractivity contribution in [3.05, 3.63) is 35.6 Å². The SMILES string of the molecule is CCCNC(c1cc2cccc(C)c2o1)C(OC)C1CC1. The molecule has 3 nitrogen and oxygen atoms in total. The number of methoxy groups -OCH3 is 1. The van der Waals surface area contributed by atoms with Gasteiger partial charge in [-0.2, -0.15) is 0 Å². The molecule has 1 aliphatic rings. The van der Waals surface area contributed by atoms with Gasteiger partial charge in [0, 0.05) is 12.5 Å². The molecule has 2 unspecified atom stereocenters. The average molecular weight is 287 g/mol. The standard InChI is InChI=1S/C18H25NO2/c1-4-10-19-16(18(20-3)13-8-9-13)15-11-14-7-5-6-12(2)17(14)21-15/h5-7,11,13,16,18-19H,4,8-10H2,1-3H3. The molecule has 21 heavy (non-hydrogen) atoms. The van der Waals surface area contributed by atoms with Gasteiger partial charge in [-0.3, -0.25) is 0 Å². The van der Waals surface area contributed by atoms with E-state index in [0.717, 1.165) is 24.3 Å². The topological polar surface area (TPSA) is 34.4 Å². The summed E-state index contributed by atoms with van der Waals surface area (Å²) < 4.78 is 12.0. The van der Waals surface area contributed by atoms with E-state index >= 15 is 0 Å². The van der Waals surface area contributed by atoms with E-state index in [1.54, 1.807) is 0 Å². The van der Waals surface area contributed by atoms with Gasteiger partial charge in [-0.25, -0.2) is 0 Å². The molecule has 0 saturated heterocycles. The maximum atomic E-state index is 6.18. The zero-order valence-electron chi connectivity index (χ0n) is 13.2. The highest BCUT2D eigenvalue weighted by Crippen LogP contribution is 2.41. The normalized spacial score (nSPS) is 18.0. The Kier molecular flexibility index (Phi) is 4.32. The van der Waals surface area contributed by atoms with Crippen LogP contribution in [-0.2, 0) is 4.74 Å². The second kappa shape index (κ2) is 6.20. The first-order valence-electron chi connectivity index (χ1n) is 7.99. The predicted molar refractivity (Wildman–Crippen MR) is 85.5 cm³/mol. The van der Waals surface area contributed by atoms with Gasteiger partial charge in [0.05, 0.1) is 12.1 Å². The van der Waals surface area contributed by atoms with E-state index in [4.69, 9.17) is 9.15 Å². The Labute approximate surface area is 126 Å². The zero-order valence-corrected chi connectivity index (χ0v) is 13.2. The van der Waals surface area contributed by atoms with Gasteiger partial charge in [0.15, 0.2) is 0 Å². The molecule has 3 heteroatoms. The van der Waals surface area contributed by atoms with Crippen LogP contribution < -0.4 is 5.32 Å². The summed E-state index contributed by atoms with van der Waals surface area (Å²) in [5.74, 6) is 1.67. The number of fused-ring (bicyclic) bond motifs is 1. The van der Waals surface area contributed by atoms with Gasteiger partial charge in [-0.15, -0.1) is 0 Å². The molecule has 0 aliphatic heterocycles. The van der Waals surface area contributed by atoms with E-state index in [1.165, 1.54) is 23.8 Å². The van der Waals surface area contributed by atoms with Gasteiger partial charge < -0.3 is 14.5 Å². The van der Waals surface area contributed by atoms with Gasteiger partial charge >= 0.3 is 0 Å². The van der Waals surface area contributed by atoms with E-state index in [0.29, 0.717) is 5.92 Å². The van der Waals surface area contributed by atoms with E-state index in [-0.39, 0.29) is 12.1 Å². The molecule has 114 valence electrons. The lowest BCUT2D eigenvalue weighted by molar-refractivity contribution is 0.0445. The maximum Gasteiger partial charge on any atom is 0.137 e. The van der Waals surface area contributed by atoms with E-state index < -0.39 is 0 Å². The van der Waals surface area contributed by atoms with Crippen molar-refractivity contribution >= 4 is 11.0 Å². The lowest BCUT2D eigenvalue weighted by Gasteiger charge is -2.25. The van der Waals surface area contributed by atoms with E-state index in [9.17, 15) is 0 Å². The molecule has 2 aromatic rings. The van der Waals surface area contributed by atoms with Crippen molar-refractivity contribution < 1.29 is 9.15 Å². The monoisotopic (exact) mass is 287 g/mol. The number of para-hydroxylation sites is 1. The summed E-state index contributed by atoms with van der Waals surface area (Å²) >= 11 is 0. The minimum absolute atomic E-state index is 0.147. The predicted octanol–water partition coefficient (Wildman–Crippen LogP) is 4.21. The third kappa shape index (κ3) is 2.99. The third-order valence-corrected chi connectivity index (χ3v) is 4.37. The molecular formula is C18H25NO2. The fourth-order valence-electron chi connectivity index (χ4n) is 3.09. The molecule has 3 rings (SSSR count). The average Bonchev–Trinajstić information content (AvgIpc) is 3.22. The lowest BCUT2D eigenvalue weighted by Crippen LogP contribution is -2.35. The largest absolute Gasteiger partial charge is 0.459 e. The lowest BCUT2D eigenvalue weighted by atomic mass is 10.0. The summed E-state index contributed by atoms with van der Waals surface area (Å²) in [5, 5.41) is 4.80. The molecule has 1 saturated carbocycles. The number of benzene rings is 1. The summed E-state index contributed by atoms with van der Waals surface area (Å²) in [6, 6.07) is 8.61. The first-order chi connectivity index (χ1) is 10.2. The molecule has 1 aromatic heterocycles. The van der Waals surface area contributed by atoms with Crippen LogP contribution in [0.5, 0.6) is 0 Å². The highest BCUT2D eigenvalue weighted by atomic mass is 16.5. The minimum atomic E-state index is 0.147. The van der Waals surface area contributed by atoms with Crippen molar-refractivity contribution in [1.29, 1.82) is 0 Å². The van der Waals surface area contributed by atoms with Crippen molar-refractivity contribution in [1.82, 2.24) is 5.32 Å². The summed E-state index contributed by atoms with van der Waals surface area (Å²) in [4.78, 5) is 0. The van der Waals surface area contributed by atoms with E-state index in [2.05, 4.69) is 43.4 Å². The summed E-state index contributed by atoms with van der Waals surface area (Å²) in [7, 11) is 1.82. The quantitative estimate of drug-likeness (QED) is 0.828. The van der Waals surface area contributed by atoms with Gasteiger partial charge in [0.25, 0.3) is 0 Å². The van der Waals surface area contributed by atoms with Crippen LogP contribution in [0.2, 0.25) is 0 Å². The smallest absolute Gasteiger partial charge is 0.137 e. The van der Waals surface area contributed by atoms with Gasteiger partial charge in [0.1, 0.15) is 11.3 Å². The fourth-order valence-corrected chi connectivity index (χ4v) is 3.09. The van der Waals surface area contributed by atoms with Crippen LogP contribution in [-0.4, -0.2) is 19.8 Å². The highest BCUT2D eigenvalue weighted by molar-refractivity contribution is 5.81. The van der Waals surface area contributed by atoms with Gasteiger partial charge in [-0.1, -0.05) is 25.1 Å². The van der Waals surface area contributed by atoms with Gasteiger partial charge in [-0.05, 0) is 50.3 Å². The van der Waals surface area contributed by atoms with Crippen molar-refractivity contribution in [2.45, 2.75) is 45.3 Å². The highest BCUT2D eigenvalue weighted by Gasteiger charge is 2.38. The second-order valence-electron chi connectivity index (χ2n) is 6.11. The Morgan fingerprint density at radius 2 is 2.19 bits per heavy atom. The molecule has 2 atom stereocenters. The van der Waals surface area contributed by atoms with Crippen LogP contribution in [0.25, 0.3) is 11.0 Å². The Morgan fingerprint density at radius 3 is 2.81 bits per heavy atom. The van der Waals surface area contributed by atoms with Crippen LogP contribution in [0, 0.1) is 12.8 Å². The molecule has 0 bridgehead atoms. The Hall–Kier alpha value is -1.32. The first-order valence-corrected chi connectivity index (χ1v) is 7.99. The Morgan fingerprint density at radius 1 is 1.38 bits per heavy atom. The van der Waals surface area contributed by atoms with Crippen molar-refractivity contribution in [3.63, 3.8) is 0 Å². The van der Waals surface area contributed by atoms with Crippen LogP contribution in [0.3, 0.4) is 0 Å². The van der Waals surface area contributed by atoms with Crippen LogP contribution in [0.1, 0.15) is 43.6 Å². The van der Waals surface area contributed by atoms with Crippen molar-refractivity contribution in [2.75, 3.05) is 13.7 Å². The summed E-state index contributed by atoms with van der Waals surface area (Å²) in [6.07, 6.45) is 3.85. The fraction of sp³-hybridized carbons (Fsp3) is 0.556. The summed E-state index contributed by atoms with van der Waals surface area (Å²) in [6.45, 7) is 5.26. The number of hydrogen-bond acceptors (Lipinski definition) is 3.